The van der Waals surface area contributed by atoms with Crippen molar-refractivity contribution in [2.75, 3.05) is 0 Å². The Morgan fingerprint density at radius 2 is 2.15 bits per heavy atom. The first-order valence-corrected chi connectivity index (χ1v) is 4.74. The molecule has 0 unspecified atom stereocenters. The highest BCUT2D eigenvalue weighted by Crippen LogP contribution is 2.14. The van der Waals surface area contributed by atoms with E-state index in [1.165, 1.54) is 17.4 Å². The van der Waals surface area contributed by atoms with Crippen LogP contribution in [0, 0.1) is 0 Å². The molecule has 0 N–H and O–H groups in total. The lowest BCUT2D eigenvalue weighted by molar-refractivity contribution is 0.923. The first-order chi connectivity index (χ1) is 6.40. The van der Waals surface area contributed by atoms with Gasteiger partial charge in [-0.3, -0.25) is 4.98 Å². The zero-order chi connectivity index (χ0) is 9.10. The van der Waals surface area contributed by atoms with Gasteiger partial charge in [-0.25, -0.2) is 0 Å². The molecule has 1 nitrogen and oxygen atoms in total. The first-order valence-electron chi connectivity index (χ1n) is 4.74. The molecule has 0 radical (unpaired) electrons. The van der Waals surface area contributed by atoms with E-state index in [0.717, 1.165) is 11.9 Å². The Bertz CT molecular complexity index is 407. The third kappa shape index (κ3) is 1.69. The largest absolute Gasteiger partial charge is 0.256 e. The van der Waals surface area contributed by atoms with Gasteiger partial charge in [0.05, 0.1) is 5.52 Å². The fourth-order valence-corrected chi connectivity index (χ4v) is 1.57. The van der Waals surface area contributed by atoms with E-state index in [0.29, 0.717) is 0 Å². The van der Waals surface area contributed by atoms with Crippen molar-refractivity contribution in [3.8, 4) is 0 Å². The van der Waals surface area contributed by atoms with Gasteiger partial charge in [0, 0.05) is 11.6 Å². The molecule has 0 saturated carbocycles. The molecule has 0 aliphatic heterocycles. The van der Waals surface area contributed by atoms with Crippen LogP contribution in [-0.2, 0) is 6.42 Å². The molecule has 0 fully saturated rings. The van der Waals surface area contributed by atoms with Crippen LogP contribution in [0.4, 0.5) is 0 Å². The zero-order valence-electron chi connectivity index (χ0n) is 7.83. The summed E-state index contributed by atoms with van der Waals surface area (Å²) in [7, 11) is 0. The summed E-state index contributed by atoms with van der Waals surface area (Å²) >= 11 is 0. The molecule has 0 amide bonds. The quantitative estimate of drug-likeness (QED) is 0.676. The molecule has 2 rings (SSSR count). The summed E-state index contributed by atoms with van der Waals surface area (Å²) in [5.41, 5.74) is 2.49. The summed E-state index contributed by atoms with van der Waals surface area (Å²) in [4.78, 5) is 4.28. The molecular weight excluding hydrogens is 158 g/mol. The fraction of sp³-hybridized carbons (Fsp3) is 0.250. The van der Waals surface area contributed by atoms with Gasteiger partial charge in [0.25, 0.3) is 0 Å². The SMILES string of the molecule is CCCc1ccc2ncccc2c1. The maximum atomic E-state index is 4.28. The summed E-state index contributed by atoms with van der Waals surface area (Å²) < 4.78 is 0. The van der Waals surface area contributed by atoms with E-state index in [1.807, 2.05) is 12.3 Å². The predicted octanol–water partition coefficient (Wildman–Crippen LogP) is 3.19. The molecule has 1 heterocycles. The van der Waals surface area contributed by atoms with Crippen LogP contribution in [0.25, 0.3) is 10.9 Å². The van der Waals surface area contributed by atoms with Crippen LogP contribution in [0.2, 0.25) is 0 Å². The highest BCUT2D eigenvalue weighted by Gasteiger charge is 1.95. The highest BCUT2D eigenvalue weighted by molar-refractivity contribution is 5.78. The molecule has 0 saturated heterocycles. The Morgan fingerprint density at radius 3 is 3.00 bits per heavy atom. The Labute approximate surface area is 78.4 Å². The molecule has 1 heteroatoms. The minimum Gasteiger partial charge on any atom is -0.256 e. The number of nitrogens with zero attached hydrogens (tertiary/aromatic N) is 1. The monoisotopic (exact) mass is 171 g/mol. The number of benzene rings is 1. The summed E-state index contributed by atoms with van der Waals surface area (Å²) in [6.45, 7) is 2.20. The topological polar surface area (TPSA) is 12.9 Å². The summed E-state index contributed by atoms with van der Waals surface area (Å²) in [5.74, 6) is 0. The minimum atomic E-state index is 1.09. The van der Waals surface area contributed by atoms with Crippen molar-refractivity contribution in [3.05, 3.63) is 42.1 Å². The molecule has 66 valence electrons. The molecule has 2 aromatic rings. The van der Waals surface area contributed by atoms with Crippen LogP contribution in [0.1, 0.15) is 18.9 Å². The van der Waals surface area contributed by atoms with Gasteiger partial charge in [-0.2, -0.15) is 0 Å². The maximum Gasteiger partial charge on any atom is 0.0702 e. The Balaban J connectivity index is 2.49. The second-order valence-corrected chi connectivity index (χ2v) is 3.28. The third-order valence-electron chi connectivity index (χ3n) is 2.21. The number of hydrogen-bond donors (Lipinski definition) is 0. The average Bonchev–Trinajstić information content (AvgIpc) is 2.18. The van der Waals surface area contributed by atoms with Gasteiger partial charge in [0.1, 0.15) is 0 Å². The molecule has 13 heavy (non-hydrogen) atoms. The lowest BCUT2D eigenvalue weighted by Crippen LogP contribution is -1.84. The molecule has 0 bridgehead atoms. The summed E-state index contributed by atoms with van der Waals surface area (Å²) in [6.07, 6.45) is 4.19. The predicted molar refractivity (Wildman–Crippen MR) is 55.7 cm³/mol. The van der Waals surface area contributed by atoms with E-state index < -0.39 is 0 Å². The standard InChI is InChI=1S/C12H13N/c1-2-4-10-6-7-12-11(9-10)5-3-8-13-12/h3,5-9H,2,4H2,1H3. The van der Waals surface area contributed by atoms with E-state index in [1.54, 1.807) is 0 Å². The number of rotatable bonds is 2. The number of hydrogen-bond acceptors (Lipinski definition) is 1. The second kappa shape index (κ2) is 3.56. The first kappa shape index (κ1) is 8.24. The average molecular weight is 171 g/mol. The van der Waals surface area contributed by atoms with Crippen molar-refractivity contribution in [2.45, 2.75) is 19.8 Å². The van der Waals surface area contributed by atoms with E-state index in [2.05, 4.69) is 36.2 Å². The van der Waals surface area contributed by atoms with Gasteiger partial charge in [0.15, 0.2) is 0 Å². The van der Waals surface area contributed by atoms with Crippen LogP contribution in [0.3, 0.4) is 0 Å². The molecule has 1 aromatic heterocycles. The molecule has 0 spiro atoms. The summed E-state index contributed by atoms with van der Waals surface area (Å²) in [6, 6.07) is 10.6. The van der Waals surface area contributed by atoms with Gasteiger partial charge < -0.3 is 0 Å². The lowest BCUT2D eigenvalue weighted by atomic mass is 10.1. The van der Waals surface area contributed by atoms with Gasteiger partial charge in [0.2, 0.25) is 0 Å². The highest BCUT2D eigenvalue weighted by atomic mass is 14.6. The van der Waals surface area contributed by atoms with Crippen LogP contribution in [0.15, 0.2) is 36.5 Å². The molecule has 0 aliphatic rings. The number of aromatic nitrogens is 1. The van der Waals surface area contributed by atoms with Crippen molar-refractivity contribution in [2.24, 2.45) is 0 Å². The van der Waals surface area contributed by atoms with Crippen molar-refractivity contribution >= 4 is 10.9 Å². The van der Waals surface area contributed by atoms with Gasteiger partial charge in [-0.15, -0.1) is 0 Å². The van der Waals surface area contributed by atoms with Crippen LogP contribution >= 0.6 is 0 Å². The Kier molecular flexibility index (Phi) is 2.26. The third-order valence-corrected chi connectivity index (χ3v) is 2.21. The van der Waals surface area contributed by atoms with Crippen LogP contribution in [0.5, 0.6) is 0 Å². The van der Waals surface area contributed by atoms with E-state index in [4.69, 9.17) is 0 Å². The molecular formula is C12H13N. The molecule has 0 aliphatic carbocycles. The molecule has 0 atom stereocenters. The van der Waals surface area contributed by atoms with Crippen LogP contribution in [-0.4, -0.2) is 4.98 Å². The van der Waals surface area contributed by atoms with E-state index >= 15 is 0 Å². The van der Waals surface area contributed by atoms with Crippen molar-refractivity contribution in [1.82, 2.24) is 4.98 Å². The van der Waals surface area contributed by atoms with E-state index in [9.17, 15) is 0 Å². The van der Waals surface area contributed by atoms with Crippen molar-refractivity contribution in [3.63, 3.8) is 0 Å². The van der Waals surface area contributed by atoms with Gasteiger partial charge in [-0.1, -0.05) is 25.5 Å². The maximum absolute atomic E-state index is 4.28. The number of fused-ring (bicyclic) bond motifs is 1. The normalized spacial score (nSPS) is 10.5. The lowest BCUT2D eigenvalue weighted by Gasteiger charge is -2.00. The summed E-state index contributed by atoms with van der Waals surface area (Å²) in [5, 5.41) is 1.24. The smallest absolute Gasteiger partial charge is 0.0702 e. The number of pyridine rings is 1. The number of aryl methyl sites for hydroxylation is 1. The van der Waals surface area contributed by atoms with Crippen LogP contribution < -0.4 is 0 Å². The van der Waals surface area contributed by atoms with Gasteiger partial charge >= 0.3 is 0 Å². The van der Waals surface area contributed by atoms with Gasteiger partial charge in [-0.05, 0) is 30.2 Å². The van der Waals surface area contributed by atoms with Crippen molar-refractivity contribution in [1.29, 1.82) is 0 Å². The minimum absolute atomic E-state index is 1.09. The molecule has 1 aromatic carbocycles. The zero-order valence-corrected chi connectivity index (χ0v) is 7.83. The fourth-order valence-electron chi connectivity index (χ4n) is 1.57. The van der Waals surface area contributed by atoms with Crippen molar-refractivity contribution < 1.29 is 0 Å². The Hall–Kier alpha value is -1.37. The Morgan fingerprint density at radius 1 is 1.23 bits per heavy atom. The van der Waals surface area contributed by atoms with E-state index in [-0.39, 0.29) is 0 Å². The second-order valence-electron chi connectivity index (χ2n) is 3.28.